The highest BCUT2D eigenvalue weighted by molar-refractivity contribution is 6.47. The molecule has 9 nitrogen and oxygen atoms in total. The van der Waals surface area contributed by atoms with Crippen molar-refractivity contribution in [3.05, 3.63) is 29.3 Å². The molecule has 1 heterocycles. The molecule has 0 fully saturated rings. The van der Waals surface area contributed by atoms with Crippen molar-refractivity contribution in [2.45, 2.75) is 45.0 Å². The van der Waals surface area contributed by atoms with Crippen molar-refractivity contribution in [2.75, 3.05) is 13.4 Å². The number of carbonyl (C=O) groups excluding carboxylic acids is 3. The number of fused-ring (bicyclic) bond motifs is 1. The Balaban J connectivity index is 1.99. The number of para-hydroxylation sites is 1. The van der Waals surface area contributed by atoms with Crippen LogP contribution in [0.3, 0.4) is 0 Å². The van der Waals surface area contributed by atoms with Gasteiger partial charge in [-0.15, -0.1) is 0 Å². The van der Waals surface area contributed by atoms with Crippen molar-refractivity contribution in [3.8, 4) is 5.75 Å². The zero-order valence-electron chi connectivity index (χ0n) is 16.5. The van der Waals surface area contributed by atoms with Crippen LogP contribution in [0.25, 0.3) is 0 Å². The lowest BCUT2D eigenvalue weighted by Crippen LogP contribution is -2.53. The van der Waals surface area contributed by atoms with Gasteiger partial charge in [-0.2, -0.15) is 0 Å². The van der Waals surface area contributed by atoms with Gasteiger partial charge in [0.25, 0.3) is 0 Å². The quantitative estimate of drug-likeness (QED) is 0.365. The van der Waals surface area contributed by atoms with E-state index in [0.717, 1.165) is 0 Å². The fraction of sp³-hybridized carbons (Fsp3) is 0.500. The van der Waals surface area contributed by atoms with E-state index < -0.39 is 56.6 Å². The molecule has 2 N–H and O–H groups in total. The highest BCUT2D eigenvalue weighted by Crippen LogP contribution is 2.30. The molecule has 0 aliphatic carbocycles. The summed E-state index contributed by atoms with van der Waals surface area (Å²) < 4.78 is 45.1. The summed E-state index contributed by atoms with van der Waals surface area (Å²) in [6.07, 6.45) is -1.92. The number of nitrogens with one attached hydrogen (secondary N) is 1. The SMILES string of the molecule is CCOC(=O)OCOC(=O)c1cccc2c1OB(O)[C@@H](NC(=O)CCC(C)(F)F)C2. The first-order chi connectivity index (χ1) is 14.1. The minimum Gasteiger partial charge on any atom is -0.534 e. The zero-order chi connectivity index (χ0) is 22.3. The molecule has 0 bridgehead atoms. The summed E-state index contributed by atoms with van der Waals surface area (Å²) in [5.74, 6) is -5.32. The maximum Gasteiger partial charge on any atom is 0.547 e. The van der Waals surface area contributed by atoms with Gasteiger partial charge in [0, 0.05) is 12.8 Å². The van der Waals surface area contributed by atoms with Gasteiger partial charge in [0.1, 0.15) is 11.3 Å². The van der Waals surface area contributed by atoms with Crippen molar-refractivity contribution in [1.82, 2.24) is 5.32 Å². The number of ether oxygens (including phenoxy) is 3. The highest BCUT2D eigenvalue weighted by Gasteiger charge is 2.38. The van der Waals surface area contributed by atoms with Gasteiger partial charge in [0.05, 0.1) is 12.5 Å². The molecule has 30 heavy (non-hydrogen) atoms. The third-order valence-corrected chi connectivity index (χ3v) is 4.11. The molecule has 0 radical (unpaired) electrons. The van der Waals surface area contributed by atoms with Gasteiger partial charge in [-0.1, -0.05) is 12.1 Å². The van der Waals surface area contributed by atoms with Crippen LogP contribution in [0, 0.1) is 0 Å². The van der Waals surface area contributed by atoms with Gasteiger partial charge in [-0.05, 0) is 31.9 Å². The van der Waals surface area contributed by atoms with Crippen molar-refractivity contribution in [2.24, 2.45) is 0 Å². The highest BCUT2D eigenvalue weighted by atomic mass is 19.3. The molecule has 0 saturated heterocycles. The molecule has 1 aliphatic rings. The second-order valence-corrected chi connectivity index (χ2v) is 6.63. The first kappa shape index (κ1) is 23.4. The van der Waals surface area contributed by atoms with E-state index in [9.17, 15) is 28.2 Å². The van der Waals surface area contributed by atoms with Crippen LogP contribution in [0.5, 0.6) is 5.75 Å². The largest absolute Gasteiger partial charge is 0.547 e. The van der Waals surface area contributed by atoms with E-state index in [1.165, 1.54) is 6.07 Å². The number of hydrogen-bond acceptors (Lipinski definition) is 8. The Labute approximate surface area is 171 Å². The van der Waals surface area contributed by atoms with Crippen LogP contribution in [0.1, 0.15) is 42.6 Å². The second-order valence-electron chi connectivity index (χ2n) is 6.63. The van der Waals surface area contributed by atoms with Gasteiger partial charge in [0.2, 0.25) is 18.6 Å². The Hall–Kier alpha value is -2.89. The van der Waals surface area contributed by atoms with E-state index in [0.29, 0.717) is 12.5 Å². The molecule has 1 aromatic rings. The molecular weight excluding hydrogens is 407 g/mol. The van der Waals surface area contributed by atoms with E-state index in [1.807, 2.05) is 0 Å². The predicted molar refractivity (Wildman–Crippen MR) is 98.9 cm³/mol. The fourth-order valence-electron chi connectivity index (χ4n) is 2.69. The summed E-state index contributed by atoms with van der Waals surface area (Å²) in [7, 11) is -1.51. The van der Waals surface area contributed by atoms with Crippen LogP contribution in [0.15, 0.2) is 18.2 Å². The Morgan fingerprint density at radius 1 is 1.30 bits per heavy atom. The van der Waals surface area contributed by atoms with E-state index in [-0.39, 0.29) is 24.3 Å². The maximum absolute atomic E-state index is 12.9. The second kappa shape index (κ2) is 10.2. The minimum atomic E-state index is -2.97. The molecular formula is C18H22BF2NO8. The Kier molecular flexibility index (Phi) is 7.98. The first-order valence-electron chi connectivity index (χ1n) is 9.21. The molecule has 1 aliphatic heterocycles. The summed E-state index contributed by atoms with van der Waals surface area (Å²) >= 11 is 0. The van der Waals surface area contributed by atoms with Crippen LogP contribution in [0.2, 0.25) is 0 Å². The van der Waals surface area contributed by atoms with E-state index in [1.54, 1.807) is 19.1 Å². The number of benzene rings is 1. The van der Waals surface area contributed by atoms with Gasteiger partial charge >= 0.3 is 19.2 Å². The third-order valence-electron chi connectivity index (χ3n) is 4.11. The lowest BCUT2D eigenvalue weighted by molar-refractivity contribution is -0.123. The molecule has 0 unspecified atom stereocenters. The summed E-state index contributed by atoms with van der Waals surface area (Å²) in [5, 5.41) is 12.6. The van der Waals surface area contributed by atoms with Crippen LogP contribution < -0.4 is 9.97 Å². The molecule has 1 aromatic carbocycles. The molecule has 1 amide bonds. The summed E-state index contributed by atoms with van der Waals surface area (Å²) in [5.41, 5.74) is 0.474. The lowest BCUT2D eigenvalue weighted by atomic mass is 9.72. The Bertz CT molecular complexity index is 786. The van der Waals surface area contributed by atoms with Gasteiger partial charge in [-0.25, -0.2) is 18.4 Å². The number of halogens is 2. The molecule has 0 saturated carbocycles. The van der Waals surface area contributed by atoms with Crippen LogP contribution in [0.4, 0.5) is 13.6 Å². The van der Waals surface area contributed by atoms with Crippen molar-refractivity contribution >= 4 is 25.2 Å². The molecule has 2 rings (SSSR count). The molecule has 12 heteroatoms. The predicted octanol–water partition coefficient (Wildman–Crippen LogP) is 1.85. The van der Waals surface area contributed by atoms with Crippen LogP contribution >= 0.6 is 0 Å². The van der Waals surface area contributed by atoms with Crippen LogP contribution in [-0.2, 0) is 25.4 Å². The summed E-state index contributed by atoms with van der Waals surface area (Å²) in [4.78, 5) is 35.2. The van der Waals surface area contributed by atoms with E-state index in [4.69, 9.17) is 9.39 Å². The summed E-state index contributed by atoms with van der Waals surface area (Å²) in [6.45, 7) is 1.72. The maximum atomic E-state index is 12.9. The average Bonchev–Trinajstić information content (AvgIpc) is 2.66. The first-order valence-corrected chi connectivity index (χ1v) is 9.21. The van der Waals surface area contributed by atoms with Crippen molar-refractivity contribution < 1.29 is 47.1 Å². The van der Waals surface area contributed by atoms with E-state index in [2.05, 4.69) is 14.8 Å². The zero-order valence-corrected chi connectivity index (χ0v) is 16.5. The Morgan fingerprint density at radius 2 is 2.03 bits per heavy atom. The normalized spacial score (nSPS) is 15.5. The topological polar surface area (TPSA) is 120 Å². The number of amides is 1. The number of carbonyl (C=O) groups is 3. The smallest absolute Gasteiger partial charge is 0.534 e. The van der Waals surface area contributed by atoms with Crippen molar-refractivity contribution in [1.29, 1.82) is 0 Å². The standard InChI is InChI=1S/C18H22BF2NO8/c1-3-27-17(25)29-10-28-16(24)12-6-4-5-11-9-13(19(26)30-15(11)12)22-14(23)7-8-18(2,20)21/h4-6,13,26H,3,7-10H2,1-2H3,(H,22,23)/t13-/m0/s1. The van der Waals surface area contributed by atoms with E-state index >= 15 is 0 Å². The Morgan fingerprint density at radius 3 is 2.70 bits per heavy atom. The number of esters is 1. The van der Waals surface area contributed by atoms with Crippen molar-refractivity contribution in [3.63, 3.8) is 0 Å². The van der Waals surface area contributed by atoms with Gasteiger partial charge in [0.15, 0.2) is 0 Å². The number of alkyl halides is 2. The molecule has 0 aromatic heterocycles. The van der Waals surface area contributed by atoms with Gasteiger partial charge < -0.3 is 29.2 Å². The molecule has 164 valence electrons. The molecule has 0 spiro atoms. The van der Waals surface area contributed by atoms with Crippen LogP contribution in [-0.4, -0.2) is 55.4 Å². The minimum absolute atomic E-state index is 0.0191. The fourth-order valence-corrected chi connectivity index (χ4v) is 2.69. The monoisotopic (exact) mass is 429 g/mol. The third kappa shape index (κ3) is 6.87. The number of hydrogen-bond donors (Lipinski definition) is 2. The summed E-state index contributed by atoms with van der Waals surface area (Å²) in [6, 6.07) is 4.55. The lowest BCUT2D eigenvalue weighted by Gasteiger charge is -2.29. The number of rotatable bonds is 8. The average molecular weight is 429 g/mol. The molecule has 1 atom stereocenters. The van der Waals surface area contributed by atoms with Gasteiger partial charge in [-0.3, -0.25) is 4.79 Å².